The molecule has 2 aliphatic rings. The summed E-state index contributed by atoms with van der Waals surface area (Å²) in [5.41, 5.74) is 0. The Kier molecular flexibility index (Phi) is 8.61. The molecule has 2 fully saturated rings. The number of nitrogens with zero attached hydrogens (tertiary/aromatic N) is 2. The van der Waals surface area contributed by atoms with Gasteiger partial charge < -0.3 is 15.0 Å². The number of aromatic nitrogens is 1. The first-order valence-electron chi connectivity index (χ1n) is 12.1. The number of piperidine rings is 1. The zero-order valence-electron chi connectivity index (χ0n) is 19.3. The topological polar surface area (TPSA) is 71.5 Å². The number of carbonyl (C=O) groups excluding carboxylic acids is 2. The molecule has 3 unspecified atom stereocenters. The Labute approximate surface area is 205 Å². The molecule has 3 atom stereocenters. The molecule has 0 bridgehead atoms. The number of ether oxygens (including phenoxy) is 1. The molecular weight excluding hydrogens is 458 g/mol. The minimum absolute atomic E-state index is 0.000541. The maximum Gasteiger partial charge on any atom is 0.261 e. The normalized spacial score (nSPS) is 24.2. The van der Waals surface area contributed by atoms with Gasteiger partial charge in [-0.15, -0.1) is 22.9 Å². The first kappa shape index (κ1) is 24.4. The van der Waals surface area contributed by atoms with E-state index in [4.69, 9.17) is 16.3 Å². The summed E-state index contributed by atoms with van der Waals surface area (Å²) in [6.07, 6.45) is 11.4. The number of nitrogens with one attached hydrogen (secondary N) is 1. The van der Waals surface area contributed by atoms with Crippen molar-refractivity contribution in [3.63, 3.8) is 0 Å². The largest absolute Gasteiger partial charge is 0.381 e. The molecule has 1 saturated carbocycles. The van der Waals surface area contributed by atoms with Crippen LogP contribution in [-0.2, 0) is 9.53 Å². The SMILES string of the molecule is COC1CC(Cl)CCC1C(=O)N1CCC(CCCCNC(=O)c2cc3ccncc3s2)CC1. The lowest BCUT2D eigenvalue weighted by atomic mass is 9.84. The molecule has 180 valence electrons. The van der Waals surface area contributed by atoms with Gasteiger partial charge in [-0.3, -0.25) is 14.6 Å². The number of likely N-dealkylation sites (tertiary alicyclic amines) is 1. The highest BCUT2D eigenvalue weighted by molar-refractivity contribution is 7.20. The van der Waals surface area contributed by atoms with Crippen LogP contribution in [0, 0.1) is 11.8 Å². The molecule has 1 aliphatic carbocycles. The second-order valence-electron chi connectivity index (χ2n) is 9.34. The quantitative estimate of drug-likeness (QED) is 0.423. The highest BCUT2D eigenvalue weighted by Crippen LogP contribution is 2.33. The number of alkyl halides is 1. The molecule has 33 heavy (non-hydrogen) atoms. The Morgan fingerprint density at radius 3 is 2.82 bits per heavy atom. The molecule has 6 nitrogen and oxygen atoms in total. The Bertz CT molecular complexity index is 911. The van der Waals surface area contributed by atoms with Crippen LogP contribution >= 0.6 is 22.9 Å². The van der Waals surface area contributed by atoms with Gasteiger partial charge in [0.1, 0.15) is 0 Å². The van der Waals surface area contributed by atoms with Gasteiger partial charge in [0, 0.05) is 44.5 Å². The van der Waals surface area contributed by atoms with Gasteiger partial charge in [0.25, 0.3) is 5.91 Å². The van der Waals surface area contributed by atoms with Crippen LogP contribution in [-0.4, -0.2) is 59.9 Å². The van der Waals surface area contributed by atoms with Gasteiger partial charge in [0.15, 0.2) is 0 Å². The molecule has 0 aromatic carbocycles. The van der Waals surface area contributed by atoms with Crippen molar-refractivity contribution in [2.45, 2.75) is 62.8 Å². The van der Waals surface area contributed by atoms with Crippen molar-refractivity contribution < 1.29 is 14.3 Å². The number of rotatable bonds is 8. The number of carbonyl (C=O) groups is 2. The van der Waals surface area contributed by atoms with Gasteiger partial charge in [0.2, 0.25) is 5.91 Å². The molecule has 0 radical (unpaired) electrons. The second kappa shape index (κ2) is 11.6. The van der Waals surface area contributed by atoms with E-state index >= 15 is 0 Å². The number of amides is 2. The predicted molar refractivity (Wildman–Crippen MR) is 133 cm³/mol. The molecule has 1 saturated heterocycles. The number of pyridine rings is 1. The van der Waals surface area contributed by atoms with Crippen molar-refractivity contribution in [1.29, 1.82) is 0 Å². The molecule has 8 heteroatoms. The van der Waals surface area contributed by atoms with Crippen LogP contribution in [0.15, 0.2) is 24.5 Å². The Balaban J connectivity index is 1.12. The van der Waals surface area contributed by atoms with Gasteiger partial charge in [-0.1, -0.05) is 12.8 Å². The summed E-state index contributed by atoms with van der Waals surface area (Å²) < 4.78 is 6.62. The first-order chi connectivity index (χ1) is 16.0. The fourth-order valence-electron chi connectivity index (χ4n) is 5.14. The summed E-state index contributed by atoms with van der Waals surface area (Å²) in [5.74, 6) is 0.878. The van der Waals surface area contributed by atoms with E-state index in [-0.39, 0.29) is 29.2 Å². The lowest BCUT2D eigenvalue weighted by molar-refractivity contribution is -0.143. The highest BCUT2D eigenvalue weighted by atomic mass is 35.5. The highest BCUT2D eigenvalue weighted by Gasteiger charge is 2.37. The van der Waals surface area contributed by atoms with E-state index in [1.54, 1.807) is 19.5 Å². The zero-order chi connectivity index (χ0) is 23.2. The van der Waals surface area contributed by atoms with Crippen molar-refractivity contribution in [3.8, 4) is 0 Å². The first-order valence-corrected chi connectivity index (χ1v) is 13.4. The van der Waals surface area contributed by atoms with Crippen molar-refractivity contribution >= 4 is 44.8 Å². The molecule has 4 rings (SSSR count). The van der Waals surface area contributed by atoms with E-state index in [0.717, 1.165) is 79.4 Å². The number of methoxy groups -OCH3 is 1. The summed E-state index contributed by atoms with van der Waals surface area (Å²) in [4.78, 5) is 32.3. The van der Waals surface area contributed by atoms with Gasteiger partial charge >= 0.3 is 0 Å². The number of fused-ring (bicyclic) bond motifs is 1. The third-order valence-corrected chi connectivity index (χ3v) is 8.63. The van der Waals surface area contributed by atoms with Crippen LogP contribution in [0.25, 0.3) is 10.1 Å². The van der Waals surface area contributed by atoms with Crippen LogP contribution in [0.2, 0.25) is 0 Å². The van der Waals surface area contributed by atoms with Crippen molar-refractivity contribution in [1.82, 2.24) is 15.2 Å². The summed E-state index contributed by atoms with van der Waals surface area (Å²) in [7, 11) is 1.69. The molecule has 2 aromatic rings. The van der Waals surface area contributed by atoms with Gasteiger partial charge in [0.05, 0.1) is 21.6 Å². The van der Waals surface area contributed by atoms with Crippen molar-refractivity contribution in [2.24, 2.45) is 11.8 Å². The third-order valence-electron chi connectivity index (χ3n) is 7.15. The van der Waals surface area contributed by atoms with Gasteiger partial charge in [-0.2, -0.15) is 0 Å². The van der Waals surface area contributed by atoms with Crippen LogP contribution in [0.5, 0.6) is 0 Å². The molecule has 2 aromatic heterocycles. The Hall–Kier alpha value is -1.70. The van der Waals surface area contributed by atoms with Crippen LogP contribution < -0.4 is 5.32 Å². The van der Waals surface area contributed by atoms with Gasteiger partial charge in [-0.05, 0) is 62.0 Å². The number of unbranched alkanes of at least 4 members (excludes halogenated alkanes) is 1. The fraction of sp³-hybridized carbons (Fsp3) is 0.640. The van der Waals surface area contributed by atoms with Crippen LogP contribution in [0.1, 0.15) is 61.0 Å². The Morgan fingerprint density at radius 2 is 2.06 bits per heavy atom. The van der Waals surface area contributed by atoms with Crippen molar-refractivity contribution in [3.05, 3.63) is 29.4 Å². The summed E-state index contributed by atoms with van der Waals surface area (Å²) >= 11 is 7.76. The maximum absolute atomic E-state index is 13.0. The molecule has 1 aliphatic heterocycles. The smallest absolute Gasteiger partial charge is 0.261 e. The van der Waals surface area contributed by atoms with E-state index in [1.807, 2.05) is 17.0 Å². The molecule has 0 spiro atoms. The fourth-order valence-corrected chi connectivity index (χ4v) is 6.39. The second-order valence-corrected chi connectivity index (χ2v) is 11.0. The van der Waals surface area contributed by atoms with Gasteiger partial charge in [-0.25, -0.2) is 0 Å². The van der Waals surface area contributed by atoms with Crippen LogP contribution in [0.4, 0.5) is 0 Å². The zero-order valence-corrected chi connectivity index (χ0v) is 20.9. The van der Waals surface area contributed by atoms with Crippen molar-refractivity contribution in [2.75, 3.05) is 26.7 Å². The predicted octanol–water partition coefficient (Wildman–Crippen LogP) is 4.86. The summed E-state index contributed by atoms with van der Waals surface area (Å²) in [6, 6.07) is 3.87. The van der Waals surface area contributed by atoms with Crippen LogP contribution in [0.3, 0.4) is 0 Å². The monoisotopic (exact) mass is 491 g/mol. The molecule has 1 N–H and O–H groups in total. The number of halogens is 1. The van der Waals surface area contributed by atoms with E-state index in [1.165, 1.54) is 11.3 Å². The van der Waals surface area contributed by atoms with E-state index < -0.39 is 0 Å². The molecular formula is C25H34ClN3O3S. The lowest BCUT2D eigenvalue weighted by Crippen LogP contribution is -2.47. The average Bonchev–Trinajstić information content (AvgIpc) is 3.28. The molecule has 3 heterocycles. The molecule has 2 amide bonds. The maximum atomic E-state index is 13.0. The summed E-state index contributed by atoms with van der Waals surface area (Å²) in [5, 5.41) is 4.23. The lowest BCUT2D eigenvalue weighted by Gasteiger charge is -2.38. The van der Waals surface area contributed by atoms with E-state index in [2.05, 4.69) is 10.3 Å². The average molecular weight is 492 g/mol. The minimum Gasteiger partial charge on any atom is -0.381 e. The third kappa shape index (κ3) is 6.25. The number of hydrogen-bond donors (Lipinski definition) is 1. The Morgan fingerprint density at radius 1 is 1.24 bits per heavy atom. The minimum atomic E-state index is -0.0501. The van der Waals surface area contributed by atoms with E-state index in [9.17, 15) is 9.59 Å². The van der Waals surface area contributed by atoms with E-state index in [0.29, 0.717) is 12.5 Å². The standard InChI is InChI=1S/C25H34ClN3O3S/c1-32-21-15-19(26)5-6-20(21)25(31)29-12-8-17(9-13-29)4-2-3-10-28-24(30)22-14-18-7-11-27-16-23(18)33-22/h7,11,14,16-17,19-21H,2-6,8-10,12-13,15H2,1H3,(H,28,30). The summed E-state index contributed by atoms with van der Waals surface area (Å²) in [6.45, 7) is 2.39. The number of thiophene rings is 1. The number of hydrogen-bond acceptors (Lipinski definition) is 5.